The quantitative estimate of drug-likeness (QED) is 0.653. The van der Waals surface area contributed by atoms with Gasteiger partial charge in [-0.3, -0.25) is 9.69 Å². The van der Waals surface area contributed by atoms with Gasteiger partial charge in [0.15, 0.2) is 0 Å². The minimum absolute atomic E-state index is 0. The van der Waals surface area contributed by atoms with Crippen LogP contribution in [0.2, 0.25) is 0 Å². The third-order valence-corrected chi connectivity index (χ3v) is 5.17. The number of carbonyl (C=O) groups is 1. The molecule has 1 fully saturated rings. The Bertz CT molecular complexity index is 620. The van der Waals surface area contributed by atoms with Crippen molar-refractivity contribution >= 4 is 30.7 Å². The van der Waals surface area contributed by atoms with Crippen molar-refractivity contribution in [2.75, 3.05) is 32.8 Å². The third-order valence-electron chi connectivity index (χ3n) is 5.17. The topological polar surface area (TPSA) is 67.6 Å². The molecule has 3 N–H and O–H groups in total. The van der Waals surface area contributed by atoms with Gasteiger partial charge in [-0.1, -0.05) is 26.0 Å². The number of carbonyl (C=O) groups excluding carboxylic acids is 1. The van der Waals surface area contributed by atoms with Crippen molar-refractivity contribution in [1.29, 1.82) is 0 Å². The monoisotopic (exact) mass is 459 g/mol. The van der Waals surface area contributed by atoms with E-state index in [0.29, 0.717) is 39.1 Å². The number of likely N-dealkylation sites (N-methyl/N-ethyl adjacent to an activating group) is 1. The van der Waals surface area contributed by atoms with Crippen molar-refractivity contribution in [2.24, 2.45) is 5.73 Å². The number of nitrogens with zero attached hydrogens (tertiary/aromatic N) is 1. The summed E-state index contributed by atoms with van der Waals surface area (Å²) >= 11 is 0. The van der Waals surface area contributed by atoms with Crippen molar-refractivity contribution in [3.8, 4) is 0 Å². The molecule has 1 aliphatic rings. The lowest BCUT2D eigenvalue weighted by molar-refractivity contribution is -0.137. The highest BCUT2D eigenvalue weighted by molar-refractivity contribution is 5.86. The molecule has 1 aromatic carbocycles. The maximum Gasteiger partial charge on any atom is 0.416 e. The van der Waals surface area contributed by atoms with E-state index in [2.05, 4.69) is 10.2 Å². The highest BCUT2D eigenvalue weighted by atomic mass is 35.5. The van der Waals surface area contributed by atoms with Gasteiger partial charge in [-0.25, -0.2) is 0 Å². The number of nitrogens with one attached hydrogen (secondary N) is 1. The van der Waals surface area contributed by atoms with Gasteiger partial charge in [0, 0.05) is 19.8 Å². The predicted molar refractivity (Wildman–Crippen MR) is 112 cm³/mol. The van der Waals surface area contributed by atoms with Crippen molar-refractivity contribution in [1.82, 2.24) is 10.2 Å². The van der Waals surface area contributed by atoms with Crippen LogP contribution in [0.25, 0.3) is 0 Å². The molecule has 1 saturated heterocycles. The second kappa shape index (κ2) is 12.0. The third kappa shape index (κ3) is 7.29. The Morgan fingerprint density at radius 1 is 1.17 bits per heavy atom. The highest BCUT2D eigenvalue weighted by Gasteiger charge is 2.36. The van der Waals surface area contributed by atoms with Gasteiger partial charge in [0.2, 0.25) is 5.91 Å². The molecular formula is C19H30Cl2F3N3O2. The summed E-state index contributed by atoms with van der Waals surface area (Å²) in [5, 5.41) is 2.90. The molecule has 0 spiro atoms. The maximum atomic E-state index is 12.8. The predicted octanol–water partition coefficient (Wildman–Crippen LogP) is 3.56. The lowest BCUT2D eigenvalue weighted by atomic mass is 9.90. The molecule has 0 bridgehead atoms. The first-order valence-electron chi connectivity index (χ1n) is 9.27. The summed E-state index contributed by atoms with van der Waals surface area (Å²) in [7, 11) is 0. The van der Waals surface area contributed by atoms with Crippen molar-refractivity contribution < 1.29 is 22.7 Å². The highest BCUT2D eigenvalue weighted by Crippen LogP contribution is 2.31. The number of rotatable bonds is 7. The Balaban J connectivity index is 0.00000392. The average Bonchev–Trinajstić information content (AvgIpc) is 2.65. The standard InChI is InChI=1S/C19H28F3N3O2.2ClH/c1-3-25(4-2)16(14-5-7-15(8-6-14)19(20,21)22)13-24-17(26)18(23)9-11-27-12-10-18;;/h5-8,16H,3-4,9-13,23H2,1-2H3,(H,24,26);2*1H. The first kappa shape index (κ1) is 27.9. The van der Waals surface area contributed by atoms with E-state index >= 15 is 0 Å². The Morgan fingerprint density at radius 3 is 2.14 bits per heavy atom. The summed E-state index contributed by atoms with van der Waals surface area (Å²) < 4.78 is 43.7. The second-order valence-corrected chi connectivity index (χ2v) is 6.84. The summed E-state index contributed by atoms with van der Waals surface area (Å²) in [4.78, 5) is 14.7. The van der Waals surface area contributed by atoms with E-state index in [0.717, 1.165) is 17.7 Å². The molecule has 0 saturated carbocycles. The van der Waals surface area contributed by atoms with Crippen LogP contribution in [0.5, 0.6) is 0 Å². The van der Waals surface area contributed by atoms with Crippen LogP contribution in [-0.4, -0.2) is 49.2 Å². The number of amides is 1. The summed E-state index contributed by atoms with van der Waals surface area (Å²) in [6, 6.07) is 4.89. The van der Waals surface area contributed by atoms with Crippen molar-refractivity contribution in [2.45, 2.75) is 44.4 Å². The SMILES string of the molecule is CCN(CC)C(CNC(=O)C1(N)CCOCC1)c1ccc(C(F)(F)F)cc1.Cl.Cl. The van der Waals surface area contributed by atoms with Crippen LogP contribution in [0, 0.1) is 0 Å². The number of ether oxygens (including phenoxy) is 1. The number of benzene rings is 1. The van der Waals surface area contributed by atoms with Gasteiger partial charge in [0.05, 0.1) is 17.1 Å². The fourth-order valence-electron chi connectivity index (χ4n) is 3.34. The molecule has 0 aliphatic carbocycles. The lowest BCUT2D eigenvalue weighted by Crippen LogP contribution is -2.57. The van der Waals surface area contributed by atoms with E-state index < -0.39 is 17.3 Å². The molecule has 1 heterocycles. The molecule has 1 aliphatic heterocycles. The number of hydrogen-bond acceptors (Lipinski definition) is 4. The molecule has 2 rings (SSSR count). The first-order valence-corrected chi connectivity index (χ1v) is 9.27. The smallest absolute Gasteiger partial charge is 0.381 e. The number of alkyl halides is 3. The van der Waals surface area contributed by atoms with E-state index in [1.165, 1.54) is 12.1 Å². The minimum Gasteiger partial charge on any atom is -0.381 e. The van der Waals surface area contributed by atoms with Gasteiger partial charge in [-0.15, -0.1) is 24.8 Å². The molecular weight excluding hydrogens is 430 g/mol. The van der Waals surface area contributed by atoms with Crippen LogP contribution in [0.3, 0.4) is 0 Å². The fourth-order valence-corrected chi connectivity index (χ4v) is 3.34. The van der Waals surface area contributed by atoms with Gasteiger partial charge in [-0.2, -0.15) is 13.2 Å². The molecule has 29 heavy (non-hydrogen) atoms. The van der Waals surface area contributed by atoms with Gasteiger partial charge < -0.3 is 15.8 Å². The Labute approximate surface area is 182 Å². The Kier molecular flexibility index (Phi) is 11.5. The maximum absolute atomic E-state index is 12.8. The van der Waals surface area contributed by atoms with Crippen molar-refractivity contribution in [3.05, 3.63) is 35.4 Å². The van der Waals surface area contributed by atoms with Crippen LogP contribution >= 0.6 is 24.8 Å². The van der Waals surface area contributed by atoms with Crippen LogP contribution in [-0.2, 0) is 15.7 Å². The van der Waals surface area contributed by atoms with Crippen LogP contribution in [0.1, 0.15) is 43.9 Å². The molecule has 5 nitrogen and oxygen atoms in total. The zero-order chi connectivity index (χ0) is 20.1. The fraction of sp³-hybridized carbons (Fsp3) is 0.632. The minimum atomic E-state index is -4.37. The lowest BCUT2D eigenvalue weighted by Gasteiger charge is -2.34. The summed E-state index contributed by atoms with van der Waals surface area (Å²) in [5.74, 6) is -0.241. The molecule has 1 unspecified atom stereocenters. The zero-order valence-electron chi connectivity index (χ0n) is 16.6. The molecule has 10 heteroatoms. The van der Waals surface area contributed by atoms with E-state index in [4.69, 9.17) is 10.5 Å². The zero-order valence-corrected chi connectivity index (χ0v) is 18.3. The first-order chi connectivity index (χ1) is 12.7. The van der Waals surface area contributed by atoms with Gasteiger partial charge in [0.1, 0.15) is 0 Å². The van der Waals surface area contributed by atoms with Crippen LogP contribution in [0.4, 0.5) is 13.2 Å². The van der Waals surface area contributed by atoms with E-state index in [1.807, 2.05) is 13.8 Å². The van der Waals surface area contributed by atoms with E-state index in [9.17, 15) is 18.0 Å². The van der Waals surface area contributed by atoms with Gasteiger partial charge >= 0.3 is 6.18 Å². The molecule has 0 radical (unpaired) electrons. The van der Waals surface area contributed by atoms with Crippen LogP contribution in [0.15, 0.2) is 24.3 Å². The Morgan fingerprint density at radius 2 is 1.69 bits per heavy atom. The van der Waals surface area contributed by atoms with E-state index in [-0.39, 0.29) is 43.3 Å². The normalized spacial score (nSPS) is 17.1. The summed E-state index contributed by atoms with van der Waals surface area (Å²) in [6.07, 6.45) is -3.46. The average molecular weight is 460 g/mol. The van der Waals surface area contributed by atoms with Crippen molar-refractivity contribution in [3.63, 3.8) is 0 Å². The number of hydrogen-bond donors (Lipinski definition) is 2. The largest absolute Gasteiger partial charge is 0.416 e. The molecule has 1 aromatic rings. The van der Waals surface area contributed by atoms with Gasteiger partial charge in [-0.05, 0) is 43.6 Å². The molecule has 1 atom stereocenters. The summed E-state index contributed by atoms with van der Waals surface area (Å²) in [5.41, 5.74) is 5.30. The molecule has 168 valence electrons. The van der Waals surface area contributed by atoms with Crippen LogP contribution < -0.4 is 11.1 Å². The van der Waals surface area contributed by atoms with E-state index in [1.54, 1.807) is 0 Å². The summed E-state index contributed by atoms with van der Waals surface area (Å²) in [6.45, 7) is 6.55. The second-order valence-electron chi connectivity index (χ2n) is 6.84. The molecule has 1 amide bonds. The molecule has 0 aromatic heterocycles. The van der Waals surface area contributed by atoms with Gasteiger partial charge in [0.25, 0.3) is 0 Å². The Hall–Kier alpha value is -1.06. The number of halogens is 5. The number of nitrogens with two attached hydrogens (primary N) is 1.